The highest BCUT2D eigenvalue weighted by atomic mass is 32.1. The first-order chi connectivity index (χ1) is 25.3. The molecule has 7 amide bonds. The number of thiophene rings is 1. The molecule has 0 radical (unpaired) electrons. The Bertz CT molecular complexity index is 1630. The number of nitrogens with two attached hydrogens (primary N) is 2. The molecule has 6 atom stereocenters. The molecule has 54 heavy (non-hydrogen) atoms. The fourth-order valence-corrected chi connectivity index (χ4v) is 5.76. The zero-order valence-electron chi connectivity index (χ0n) is 30.7. The van der Waals surface area contributed by atoms with Crippen LogP contribution in [-0.2, 0) is 51.2 Å². The number of amides is 7. The summed E-state index contributed by atoms with van der Waals surface area (Å²) in [5.41, 5.74) is 11.8. The van der Waals surface area contributed by atoms with E-state index in [0.29, 0.717) is 10.4 Å². The number of benzene rings is 1. The summed E-state index contributed by atoms with van der Waals surface area (Å²) in [6.07, 6.45) is -0.830. The highest BCUT2D eigenvalue weighted by Gasteiger charge is 2.35. The Labute approximate surface area is 316 Å². The molecule has 0 bridgehead atoms. The van der Waals surface area contributed by atoms with Crippen LogP contribution in [0.4, 0.5) is 0 Å². The number of primary amides is 1. The predicted octanol–water partition coefficient (Wildman–Crippen LogP) is -1.60. The molecule has 2 rings (SSSR count). The minimum atomic E-state index is -1.71. The summed E-state index contributed by atoms with van der Waals surface area (Å²) in [7, 11) is 0. The molecule has 296 valence electrons. The normalized spacial score (nSPS) is 14.4. The van der Waals surface area contributed by atoms with Gasteiger partial charge in [0.1, 0.15) is 36.0 Å². The van der Waals surface area contributed by atoms with Crippen LogP contribution < -0.4 is 43.4 Å². The van der Waals surface area contributed by atoms with Crippen molar-refractivity contribution < 1.29 is 48.6 Å². The van der Waals surface area contributed by atoms with E-state index in [4.69, 9.17) is 11.5 Å². The van der Waals surface area contributed by atoms with Gasteiger partial charge in [0.25, 0.3) is 0 Å². The monoisotopic (exact) mass is 774 g/mol. The maximum absolute atomic E-state index is 13.7. The van der Waals surface area contributed by atoms with Crippen molar-refractivity contribution in [2.75, 3.05) is 6.54 Å². The first kappa shape index (κ1) is 44.6. The number of phenolic OH excluding ortho intramolecular Hbond substituents is 1. The first-order valence-corrected chi connectivity index (χ1v) is 18.0. The van der Waals surface area contributed by atoms with E-state index in [1.807, 2.05) is 0 Å². The largest absolute Gasteiger partial charge is 0.508 e. The maximum atomic E-state index is 13.7. The van der Waals surface area contributed by atoms with Crippen LogP contribution >= 0.6 is 11.3 Å². The number of rotatable bonds is 21. The third kappa shape index (κ3) is 14.8. The maximum Gasteiger partial charge on any atom is 0.305 e. The van der Waals surface area contributed by atoms with E-state index in [1.54, 1.807) is 57.3 Å². The topological polar surface area (TPSA) is 301 Å². The van der Waals surface area contributed by atoms with Crippen molar-refractivity contribution in [3.05, 3.63) is 52.2 Å². The van der Waals surface area contributed by atoms with Crippen molar-refractivity contribution >= 4 is 58.7 Å². The van der Waals surface area contributed by atoms with Gasteiger partial charge in [0, 0.05) is 11.3 Å². The van der Waals surface area contributed by atoms with Crippen LogP contribution in [0.15, 0.2) is 41.8 Å². The van der Waals surface area contributed by atoms with Gasteiger partial charge in [-0.15, -0.1) is 11.3 Å². The van der Waals surface area contributed by atoms with Crippen molar-refractivity contribution in [2.45, 2.75) is 90.1 Å². The van der Waals surface area contributed by atoms with Crippen molar-refractivity contribution in [3.63, 3.8) is 0 Å². The second kappa shape index (κ2) is 21.2. The smallest absolute Gasteiger partial charge is 0.305 e. The lowest BCUT2D eigenvalue weighted by Crippen LogP contribution is -2.61. The fourth-order valence-electron chi connectivity index (χ4n) is 5.01. The molecule has 0 fully saturated rings. The third-order valence-corrected chi connectivity index (χ3v) is 8.94. The summed E-state index contributed by atoms with van der Waals surface area (Å²) in [6, 6.07) is 1.85. The number of phenols is 1. The zero-order valence-corrected chi connectivity index (χ0v) is 31.5. The second-order valence-electron chi connectivity index (χ2n) is 13.4. The highest BCUT2D eigenvalue weighted by molar-refractivity contribution is 7.09. The van der Waals surface area contributed by atoms with Crippen LogP contribution in [0.3, 0.4) is 0 Å². The molecule has 0 aliphatic rings. The summed E-state index contributed by atoms with van der Waals surface area (Å²) in [6.45, 7) is 7.40. The Morgan fingerprint density at radius 1 is 0.685 bits per heavy atom. The Hall–Kier alpha value is -5.56. The first-order valence-electron chi connectivity index (χ1n) is 17.1. The molecule has 2 aromatic rings. The molecule has 1 heterocycles. The highest BCUT2D eigenvalue weighted by Crippen LogP contribution is 2.14. The van der Waals surface area contributed by atoms with Gasteiger partial charge in [-0.05, 0) is 54.3 Å². The molecule has 0 unspecified atom stereocenters. The molecular formula is C35H50N8O10S. The molecule has 0 aliphatic heterocycles. The number of hydrogen-bond donors (Lipinski definition) is 10. The van der Waals surface area contributed by atoms with E-state index in [0.717, 1.165) is 0 Å². The number of carbonyl (C=O) groups is 8. The summed E-state index contributed by atoms with van der Waals surface area (Å²) in [5.74, 6) is -8.07. The molecule has 12 N–H and O–H groups in total. The van der Waals surface area contributed by atoms with Crippen LogP contribution in [0, 0.1) is 11.8 Å². The van der Waals surface area contributed by atoms with Gasteiger partial charge in [-0.1, -0.05) is 45.9 Å². The molecule has 0 saturated heterocycles. The molecule has 0 saturated carbocycles. The number of aromatic hydroxyl groups is 1. The van der Waals surface area contributed by atoms with E-state index >= 15 is 0 Å². The molecule has 1 aromatic heterocycles. The van der Waals surface area contributed by atoms with Gasteiger partial charge in [-0.25, -0.2) is 0 Å². The number of carbonyl (C=O) groups excluding carboxylic acids is 7. The van der Waals surface area contributed by atoms with Crippen LogP contribution in [0.5, 0.6) is 5.75 Å². The van der Waals surface area contributed by atoms with Crippen molar-refractivity contribution in [1.29, 1.82) is 0 Å². The molecule has 0 spiro atoms. The second-order valence-corrected chi connectivity index (χ2v) is 14.4. The Morgan fingerprint density at radius 3 is 1.78 bits per heavy atom. The standard InChI is InChI=1S/C35H50N8O10S/c1-17(2)28(34(52)38-16-26(37)45)43-35(53)29(18(3)4)42-33(51)25(15-27(46)47)41-32(50)24(14-22-7-6-12-54-22)40-30(48)19(5)39-31(49)23(36)13-20-8-10-21(44)11-9-20/h6-12,17-19,23-25,28-29,44H,13-16,36H2,1-5H3,(H2,37,45)(H,38,52)(H,39,49)(H,40,48)(H,41,50)(H,42,51)(H,43,53)(H,46,47)/t19-,23+,24+,25+,28+,29+/m1/s1. The number of carboxylic acid groups (broad SMARTS) is 1. The lowest BCUT2D eigenvalue weighted by Gasteiger charge is -2.28. The average Bonchev–Trinajstić information content (AvgIpc) is 3.61. The van der Waals surface area contributed by atoms with E-state index in [1.165, 1.54) is 30.4 Å². The summed E-state index contributed by atoms with van der Waals surface area (Å²) < 4.78 is 0. The van der Waals surface area contributed by atoms with Crippen LogP contribution in [0.1, 0.15) is 51.5 Å². The quantitative estimate of drug-likeness (QED) is 0.0689. The summed E-state index contributed by atoms with van der Waals surface area (Å²) in [4.78, 5) is 103. The molecule has 19 heteroatoms. The van der Waals surface area contributed by atoms with Crippen LogP contribution in [0.2, 0.25) is 0 Å². The van der Waals surface area contributed by atoms with E-state index in [9.17, 15) is 48.6 Å². The zero-order chi connectivity index (χ0) is 40.7. The number of hydrogen-bond acceptors (Lipinski definition) is 11. The fraction of sp³-hybridized carbons (Fsp3) is 0.486. The number of aliphatic carboxylic acids is 1. The van der Waals surface area contributed by atoms with Gasteiger partial charge < -0.3 is 53.6 Å². The Balaban J connectivity index is 2.20. The molecule has 18 nitrogen and oxygen atoms in total. The molecule has 1 aromatic carbocycles. The Morgan fingerprint density at radius 2 is 1.24 bits per heavy atom. The minimum Gasteiger partial charge on any atom is -0.508 e. The van der Waals surface area contributed by atoms with Crippen molar-refractivity contribution in [1.82, 2.24) is 31.9 Å². The van der Waals surface area contributed by atoms with Gasteiger partial charge in [0.2, 0.25) is 41.4 Å². The minimum absolute atomic E-state index is 0.0447. The van der Waals surface area contributed by atoms with Gasteiger partial charge >= 0.3 is 5.97 Å². The number of carboxylic acids is 1. The van der Waals surface area contributed by atoms with Gasteiger partial charge in [0.05, 0.1) is 19.0 Å². The Kier molecular flexibility index (Phi) is 17.5. The SMILES string of the molecule is CC(C)[C@H](NC(=O)[C@H](CC(=O)O)NC(=O)[C@H](Cc1cccs1)NC(=O)[C@@H](C)NC(=O)[C@@H](N)Cc1ccc(O)cc1)C(=O)N[C@H](C(=O)NCC(N)=O)C(C)C. The number of nitrogens with one attached hydrogen (secondary N) is 6. The predicted molar refractivity (Wildman–Crippen MR) is 197 cm³/mol. The lowest BCUT2D eigenvalue weighted by molar-refractivity contribution is -0.141. The average molecular weight is 775 g/mol. The van der Waals surface area contributed by atoms with Crippen molar-refractivity contribution in [3.8, 4) is 5.75 Å². The summed E-state index contributed by atoms with van der Waals surface area (Å²) in [5, 5.41) is 35.6. The van der Waals surface area contributed by atoms with Gasteiger partial charge in [-0.2, -0.15) is 0 Å². The summed E-state index contributed by atoms with van der Waals surface area (Å²) >= 11 is 1.28. The van der Waals surface area contributed by atoms with Crippen LogP contribution in [-0.4, -0.2) is 100 Å². The van der Waals surface area contributed by atoms with Crippen molar-refractivity contribution in [2.24, 2.45) is 23.3 Å². The van der Waals surface area contributed by atoms with E-state index in [2.05, 4.69) is 31.9 Å². The molecular weight excluding hydrogens is 724 g/mol. The van der Waals surface area contributed by atoms with E-state index < -0.39 is 108 Å². The third-order valence-electron chi connectivity index (χ3n) is 8.04. The molecule has 0 aliphatic carbocycles. The van der Waals surface area contributed by atoms with Gasteiger partial charge in [-0.3, -0.25) is 38.4 Å². The van der Waals surface area contributed by atoms with Gasteiger partial charge in [0.15, 0.2) is 0 Å². The lowest BCUT2D eigenvalue weighted by atomic mass is 9.99. The van der Waals surface area contributed by atoms with Crippen LogP contribution in [0.25, 0.3) is 0 Å². The van der Waals surface area contributed by atoms with E-state index in [-0.39, 0.29) is 18.6 Å².